The summed E-state index contributed by atoms with van der Waals surface area (Å²) in [5.41, 5.74) is 0.180. The molecule has 3 fully saturated rings. The van der Waals surface area contributed by atoms with Crippen molar-refractivity contribution in [1.29, 1.82) is 0 Å². The molecular weight excluding hydrogens is 442 g/mol. The van der Waals surface area contributed by atoms with E-state index in [2.05, 4.69) is 19.9 Å². The maximum atomic E-state index is 13.5. The largest absolute Gasteiger partial charge is 0.393 e. The molecule has 1 aromatic rings. The van der Waals surface area contributed by atoms with E-state index in [0.717, 1.165) is 24.0 Å². The van der Waals surface area contributed by atoms with E-state index in [1.54, 1.807) is 6.08 Å². The molecule has 5 aliphatic rings. The summed E-state index contributed by atoms with van der Waals surface area (Å²) in [7, 11) is 0. The van der Waals surface area contributed by atoms with E-state index in [1.807, 2.05) is 41.5 Å². The molecule has 0 spiro atoms. The highest BCUT2D eigenvalue weighted by molar-refractivity contribution is 5.93. The predicted octanol–water partition coefficient (Wildman–Crippen LogP) is 3.24. The second-order valence-electron chi connectivity index (χ2n) is 11.9. The van der Waals surface area contributed by atoms with E-state index in [0.29, 0.717) is 25.9 Å². The van der Waals surface area contributed by atoms with Crippen LogP contribution in [0.15, 0.2) is 54.1 Å². The number of aliphatic hydroxyl groups is 2. The Morgan fingerprint density at radius 3 is 2.74 bits per heavy atom. The number of fused-ring (bicyclic) bond motifs is 7. The van der Waals surface area contributed by atoms with Crippen molar-refractivity contribution in [2.75, 3.05) is 13.2 Å². The van der Waals surface area contributed by atoms with Gasteiger partial charge in [0.15, 0.2) is 17.2 Å². The predicted molar refractivity (Wildman–Crippen MR) is 130 cm³/mol. The van der Waals surface area contributed by atoms with Gasteiger partial charge in [-0.3, -0.25) is 14.4 Å². The smallest absolute Gasteiger partial charge is 0.192 e. The van der Waals surface area contributed by atoms with Crippen molar-refractivity contribution in [2.24, 2.45) is 34.5 Å². The summed E-state index contributed by atoms with van der Waals surface area (Å²) >= 11 is 0. The number of hydrogen-bond donors (Lipinski definition) is 2. The molecule has 1 aromatic carbocycles. The Kier molecular flexibility index (Phi) is 5.28. The Morgan fingerprint density at radius 1 is 1.23 bits per heavy atom. The van der Waals surface area contributed by atoms with E-state index in [9.17, 15) is 19.8 Å². The number of rotatable bonds is 4. The Morgan fingerprint density at radius 2 is 2.00 bits per heavy atom. The lowest BCUT2D eigenvalue weighted by atomic mass is 9.47. The van der Waals surface area contributed by atoms with Gasteiger partial charge in [-0.25, -0.2) is 0 Å². The Hall–Kier alpha value is -2.12. The third kappa shape index (κ3) is 3.10. The maximum absolute atomic E-state index is 13.5. The van der Waals surface area contributed by atoms with Gasteiger partial charge >= 0.3 is 0 Å². The minimum absolute atomic E-state index is 0.00505. The number of carbonyl (C=O) groups is 2. The molecule has 0 bridgehead atoms. The third-order valence-electron chi connectivity index (χ3n) is 10.3. The molecule has 0 radical (unpaired) electrons. The maximum Gasteiger partial charge on any atom is 0.192 e. The SMILES string of the molecule is C[C@]12C=CC(=O)CC1=CC[C@@H]1[C@@H]2[C@@H](O)C[C@@]2(C)[C@H]1C[C@H]1CN(Cc3ccccc3)O[C@]12C(=O)CO. The molecule has 8 atom stereocenters. The zero-order valence-corrected chi connectivity index (χ0v) is 20.5. The fraction of sp³-hybridized carbons (Fsp3) is 0.586. The van der Waals surface area contributed by atoms with Crippen molar-refractivity contribution in [2.45, 2.75) is 57.8 Å². The molecule has 1 heterocycles. The van der Waals surface area contributed by atoms with Crippen LogP contribution < -0.4 is 0 Å². The molecule has 6 nitrogen and oxygen atoms in total. The van der Waals surface area contributed by atoms with Gasteiger partial charge in [0.05, 0.1) is 6.10 Å². The van der Waals surface area contributed by atoms with Gasteiger partial charge in [-0.2, -0.15) is 5.06 Å². The van der Waals surface area contributed by atoms with Crippen LogP contribution in [0, 0.1) is 34.5 Å². The van der Waals surface area contributed by atoms with Gasteiger partial charge in [-0.1, -0.05) is 61.9 Å². The standard InChI is InChI=1S/C29H35NO5/c1-27-11-10-21(32)12-19(27)8-9-22-23-13-20-16-30(15-18-6-4-3-5-7-18)35-29(20,25(34)17-31)28(23,2)14-24(33)26(22)27/h3-8,10-11,20,22-24,26,31,33H,9,12-17H2,1-2H3/t20-,22-,23-,24-,26+,27-,28-,29-/m0/s1. The normalized spacial score (nSPS) is 44.3. The Balaban J connectivity index is 1.36. The van der Waals surface area contributed by atoms with E-state index in [-0.39, 0.29) is 40.7 Å². The summed E-state index contributed by atoms with van der Waals surface area (Å²) < 4.78 is 0. The van der Waals surface area contributed by atoms with Gasteiger partial charge in [0.1, 0.15) is 6.61 Å². The minimum atomic E-state index is -1.13. The molecule has 4 aliphatic carbocycles. The highest BCUT2D eigenvalue weighted by Crippen LogP contribution is 2.70. The molecule has 1 aliphatic heterocycles. The molecule has 6 rings (SSSR count). The Labute approximate surface area is 206 Å². The number of benzene rings is 1. The minimum Gasteiger partial charge on any atom is -0.393 e. The number of hydrogen-bond acceptors (Lipinski definition) is 6. The number of nitrogens with zero attached hydrogens (tertiary/aromatic N) is 1. The van der Waals surface area contributed by atoms with Gasteiger partial charge in [0.2, 0.25) is 0 Å². The fourth-order valence-electron chi connectivity index (χ4n) is 8.85. The van der Waals surface area contributed by atoms with Crippen LogP contribution in [0.1, 0.15) is 45.1 Å². The lowest BCUT2D eigenvalue weighted by Gasteiger charge is -2.59. The summed E-state index contributed by atoms with van der Waals surface area (Å²) in [4.78, 5) is 32.2. The van der Waals surface area contributed by atoms with Gasteiger partial charge < -0.3 is 10.2 Å². The summed E-state index contributed by atoms with van der Waals surface area (Å²) in [6, 6.07) is 10.1. The molecule has 35 heavy (non-hydrogen) atoms. The molecule has 1 saturated heterocycles. The quantitative estimate of drug-likeness (QED) is 0.648. The topological polar surface area (TPSA) is 87.1 Å². The first-order valence-corrected chi connectivity index (χ1v) is 12.9. The highest BCUT2D eigenvalue weighted by atomic mass is 16.7. The second-order valence-corrected chi connectivity index (χ2v) is 11.9. The Bertz CT molecular complexity index is 1110. The van der Waals surface area contributed by atoms with Crippen molar-refractivity contribution in [3.8, 4) is 0 Å². The van der Waals surface area contributed by atoms with Gasteiger partial charge in [-0.15, -0.1) is 0 Å². The van der Waals surface area contributed by atoms with Gasteiger partial charge in [0, 0.05) is 42.2 Å². The number of aliphatic hydroxyl groups excluding tert-OH is 2. The first kappa shape index (κ1) is 23.3. The van der Waals surface area contributed by atoms with E-state index in [1.165, 1.54) is 0 Å². The van der Waals surface area contributed by atoms with Gasteiger partial charge in [-0.05, 0) is 42.7 Å². The zero-order chi connectivity index (χ0) is 24.6. The molecule has 186 valence electrons. The number of carbonyl (C=O) groups excluding carboxylic acids is 2. The zero-order valence-electron chi connectivity index (χ0n) is 20.5. The highest BCUT2D eigenvalue weighted by Gasteiger charge is 2.74. The second kappa shape index (κ2) is 7.94. The molecule has 0 unspecified atom stereocenters. The first-order chi connectivity index (χ1) is 16.7. The van der Waals surface area contributed by atoms with Crippen LogP contribution in [0.2, 0.25) is 0 Å². The molecule has 6 heteroatoms. The van der Waals surface area contributed by atoms with E-state index >= 15 is 0 Å². The number of Topliss-reactive ketones (excluding diaryl/α,β-unsaturated/α-hetero) is 1. The third-order valence-corrected chi connectivity index (χ3v) is 10.3. The van der Waals surface area contributed by atoms with Crippen LogP contribution in [0.3, 0.4) is 0 Å². The molecule has 0 amide bonds. The monoisotopic (exact) mass is 477 g/mol. The summed E-state index contributed by atoms with van der Waals surface area (Å²) in [5.74, 6) is 0.206. The van der Waals surface area contributed by atoms with Crippen LogP contribution in [-0.4, -0.2) is 51.7 Å². The average Bonchev–Trinajstić information content (AvgIpc) is 3.31. The van der Waals surface area contributed by atoms with Crippen LogP contribution in [0.4, 0.5) is 0 Å². The average molecular weight is 478 g/mol. The van der Waals surface area contributed by atoms with Gasteiger partial charge in [0.25, 0.3) is 0 Å². The van der Waals surface area contributed by atoms with Crippen molar-refractivity contribution in [3.63, 3.8) is 0 Å². The van der Waals surface area contributed by atoms with E-state index in [4.69, 9.17) is 4.84 Å². The summed E-state index contributed by atoms with van der Waals surface area (Å²) in [5, 5.41) is 23.7. The van der Waals surface area contributed by atoms with Crippen LogP contribution in [0.25, 0.3) is 0 Å². The fourth-order valence-corrected chi connectivity index (χ4v) is 8.85. The van der Waals surface area contributed by atoms with Crippen LogP contribution in [0.5, 0.6) is 0 Å². The van der Waals surface area contributed by atoms with Crippen LogP contribution >= 0.6 is 0 Å². The number of hydroxylamine groups is 2. The van der Waals surface area contributed by atoms with Crippen molar-refractivity contribution in [1.82, 2.24) is 5.06 Å². The van der Waals surface area contributed by atoms with Crippen molar-refractivity contribution < 1.29 is 24.6 Å². The summed E-state index contributed by atoms with van der Waals surface area (Å²) in [6.45, 7) is 4.92. The molecule has 0 aromatic heterocycles. The molecule has 2 saturated carbocycles. The van der Waals surface area contributed by atoms with Crippen LogP contribution in [-0.2, 0) is 21.0 Å². The molecular formula is C29H35NO5. The lowest BCUT2D eigenvalue weighted by Crippen LogP contribution is -2.63. The number of allylic oxidation sites excluding steroid dienone is 4. The van der Waals surface area contributed by atoms with Crippen molar-refractivity contribution in [3.05, 3.63) is 59.7 Å². The molecule has 2 N–H and O–H groups in total. The van der Waals surface area contributed by atoms with Crippen molar-refractivity contribution >= 4 is 11.6 Å². The summed E-state index contributed by atoms with van der Waals surface area (Å²) in [6.07, 6.45) is 7.81. The first-order valence-electron chi connectivity index (χ1n) is 12.9. The number of ketones is 2. The lowest BCUT2D eigenvalue weighted by molar-refractivity contribution is -0.253. The van der Waals surface area contributed by atoms with E-state index < -0.39 is 23.7 Å².